The Bertz CT molecular complexity index is 810. The molecule has 1 saturated heterocycles. The van der Waals surface area contributed by atoms with Gasteiger partial charge in [0, 0.05) is 30.9 Å². The van der Waals surface area contributed by atoms with Crippen LogP contribution in [-0.2, 0) is 0 Å². The van der Waals surface area contributed by atoms with E-state index in [1.807, 2.05) is 47.4 Å². The Labute approximate surface area is 133 Å². The minimum absolute atomic E-state index is 0.0291. The first-order valence-corrected chi connectivity index (χ1v) is 7.47. The van der Waals surface area contributed by atoms with Gasteiger partial charge in [-0.2, -0.15) is 0 Å². The molecular weight excluding hydrogens is 290 g/mol. The van der Waals surface area contributed by atoms with Crippen molar-refractivity contribution in [3.63, 3.8) is 0 Å². The maximum Gasteiger partial charge on any atom is 0.256 e. The molecule has 0 atom stereocenters. The molecule has 6 heteroatoms. The third-order valence-electron chi connectivity index (χ3n) is 4.11. The number of nitrogens with zero attached hydrogens (tertiary/aromatic N) is 5. The van der Waals surface area contributed by atoms with Crippen molar-refractivity contribution in [2.24, 2.45) is 0 Å². The second-order valence-corrected chi connectivity index (χ2v) is 5.55. The number of carbonyl (C=O) groups is 1. The molecule has 1 amide bonds. The lowest BCUT2D eigenvalue weighted by molar-refractivity contribution is 0.0599. The molecule has 0 N–H and O–H groups in total. The number of aromatic nitrogens is 4. The van der Waals surface area contributed by atoms with Crippen molar-refractivity contribution in [3.05, 3.63) is 72.6 Å². The Hall–Kier alpha value is -3.02. The molecule has 1 aromatic carbocycles. The first kappa shape index (κ1) is 13.6. The lowest BCUT2D eigenvalue weighted by Crippen LogP contribution is -2.48. The summed E-state index contributed by atoms with van der Waals surface area (Å²) in [5.41, 5.74) is 2.50. The SMILES string of the molecule is O=C(c1ccccc1-n1cnnc1)N1CC(c2ccccn2)C1. The van der Waals surface area contributed by atoms with Crippen LogP contribution in [0.4, 0.5) is 0 Å². The van der Waals surface area contributed by atoms with Crippen LogP contribution < -0.4 is 0 Å². The summed E-state index contributed by atoms with van der Waals surface area (Å²) in [5, 5.41) is 7.62. The van der Waals surface area contributed by atoms with Gasteiger partial charge >= 0.3 is 0 Å². The summed E-state index contributed by atoms with van der Waals surface area (Å²) < 4.78 is 1.75. The summed E-state index contributed by atoms with van der Waals surface area (Å²) in [6.07, 6.45) is 4.99. The van der Waals surface area contributed by atoms with Gasteiger partial charge in [0.1, 0.15) is 12.7 Å². The number of hydrogen-bond acceptors (Lipinski definition) is 4. The summed E-state index contributed by atoms with van der Waals surface area (Å²) in [5.74, 6) is 0.351. The van der Waals surface area contributed by atoms with Crippen LogP contribution in [0.25, 0.3) is 5.69 Å². The quantitative estimate of drug-likeness (QED) is 0.741. The second-order valence-electron chi connectivity index (χ2n) is 5.55. The number of likely N-dealkylation sites (tertiary alicyclic amines) is 1. The Balaban J connectivity index is 1.53. The normalized spacial score (nSPS) is 14.5. The van der Waals surface area contributed by atoms with Gasteiger partial charge in [0.15, 0.2) is 0 Å². The van der Waals surface area contributed by atoms with Gasteiger partial charge in [-0.15, -0.1) is 10.2 Å². The molecule has 4 rings (SSSR count). The third-order valence-corrected chi connectivity index (χ3v) is 4.11. The van der Waals surface area contributed by atoms with Gasteiger partial charge < -0.3 is 4.90 Å². The van der Waals surface area contributed by atoms with Crippen LogP contribution in [0.15, 0.2) is 61.3 Å². The van der Waals surface area contributed by atoms with E-state index in [1.54, 1.807) is 23.4 Å². The molecule has 3 heterocycles. The van der Waals surface area contributed by atoms with E-state index in [1.165, 1.54) is 0 Å². The molecule has 0 unspecified atom stereocenters. The van der Waals surface area contributed by atoms with Crippen LogP contribution in [-0.4, -0.2) is 43.6 Å². The molecule has 1 aliphatic rings. The predicted octanol–water partition coefficient (Wildman–Crippen LogP) is 1.90. The van der Waals surface area contributed by atoms with Crippen LogP contribution in [0.5, 0.6) is 0 Å². The Morgan fingerprint density at radius 2 is 1.74 bits per heavy atom. The van der Waals surface area contributed by atoms with Gasteiger partial charge in [-0.25, -0.2) is 0 Å². The third kappa shape index (κ3) is 2.48. The molecule has 0 spiro atoms. The minimum Gasteiger partial charge on any atom is -0.337 e. The van der Waals surface area contributed by atoms with Crippen LogP contribution >= 0.6 is 0 Å². The van der Waals surface area contributed by atoms with Gasteiger partial charge in [0.2, 0.25) is 0 Å². The van der Waals surface area contributed by atoms with Crippen LogP contribution in [0.1, 0.15) is 22.0 Å². The van der Waals surface area contributed by atoms with E-state index < -0.39 is 0 Å². The number of pyridine rings is 1. The lowest BCUT2D eigenvalue weighted by atomic mass is 9.94. The summed E-state index contributed by atoms with van der Waals surface area (Å²) >= 11 is 0. The highest BCUT2D eigenvalue weighted by atomic mass is 16.2. The zero-order valence-electron chi connectivity index (χ0n) is 12.4. The van der Waals surface area contributed by atoms with E-state index in [4.69, 9.17) is 0 Å². The fourth-order valence-electron chi connectivity index (χ4n) is 2.82. The fraction of sp³-hybridized carbons (Fsp3) is 0.176. The number of hydrogen-bond donors (Lipinski definition) is 0. The molecule has 1 aliphatic heterocycles. The summed E-state index contributed by atoms with van der Waals surface area (Å²) in [7, 11) is 0. The highest BCUT2D eigenvalue weighted by molar-refractivity contribution is 5.98. The van der Waals surface area contributed by atoms with Crippen molar-refractivity contribution in [1.29, 1.82) is 0 Å². The van der Waals surface area contributed by atoms with Crippen molar-refractivity contribution in [3.8, 4) is 5.69 Å². The van der Waals surface area contributed by atoms with E-state index in [9.17, 15) is 4.79 Å². The van der Waals surface area contributed by atoms with E-state index in [0.717, 1.165) is 11.4 Å². The Morgan fingerprint density at radius 3 is 2.48 bits per heavy atom. The van der Waals surface area contributed by atoms with Crippen LogP contribution in [0.2, 0.25) is 0 Å². The molecular formula is C17H15N5O. The zero-order chi connectivity index (χ0) is 15.6. The van der Waals surface area contributed by atoms with Crippen molar-refractivity contribution >= 4 is 5.91 Å². The smallest absolute Gasteiger partial charge is 0.256 e. The molecule has 0 saturated carbocycles. The molecule has 0 aliphatic carbocycles. The molecule has 114 valence electrons. The average molecular weight is 305 g/mol. The molecule has 23 heavy (non-hydrogen) atoms. The van der Waals surface area contributed by atoms with Gasteiger partial charge in [-0.3, -0.25) is 14.3 Å². The van der Waals surface area contributed by atoms with Crippen LogP contribution in [0, 0.1) is 0 Å². The van der Waals surface area contributed by atoms with Gasteiger partial charge in [-0.05, 0) is 24.3 Å². The molecule has 1 fully saturated rings. The number of rotatable bonds is 3. The first-order valence-electron chi connectivity index (χ1n) is 7.47. The van der Waals surface area contributed by atoms with Crippen molar-refractivity contribution in [2.45, 2.75) is 5.92 Å². The molecule has 0 radical (unpaired) electrons. The molecule has 2 aromatic heterocycles. The maximum absolute atomic E-state index is 12.8. The number of benzene rings is 1. The number of amides is 1. The first-order chi connectivity index (χ1) is 11.3. The molecule has 6 nitrogen and oxygen atoms in total. The second kappa shape index (κ2) is 5.64. The Kier molecular flexibility index (Phi) is 3.34. The topological polar surface area (TPSA) is 63.9 Å². The largest absolute Gasteiger partial charge is 0.337 e. The van der Waals surface area contributed by atoms with E-state index in [0.29, 0.717) is 24.6 Å². The fourth-order valence-corrected chi connectivity index (χ4v) is 2.82. The van der Waals surface area contributed by atoms with Crippen molar-refractivity contribution in [2.75, 3.05) is 13.1 Å². The summed E-state index contributed by atoms with van der Waals surface area (Å²) in [6, 6.07) is 13.4. The summed E-state index contributed by atoms with van der Waals surface area (Å²) in [4.78, 5) is 19.0. The monoisotopic (exact) mass is 305 g/mol. The van der Waals surface area contributed by atoms with Crippen molar-refractivity contribution in [1.82, 2.24) is 24.6 Å². The van der Waals surface area contributed by atoms with E-state index in [-0.39, 0.29) is 5.91 Å². The molecule has 3 aromatic rings. The Morgan fingerprint density at radius 1 is 1.00 bits per heavy atom. The number of carbonyl (C=O) groups excluding carboxylic acids is 1. The van der Waals surface area contributed by atoms with E-state index in [2.05, 4.69) is 15.2 Å². The average Bonchev–Trinajstić information content (AvgIpc) is 3.09. The highest BCUT2D eigenvalue weighted by Gasteiger charge is 2.33. The molecule has 0 bridgehead atoms. The van der Waals surface area contributed by atoms with E-state index >= 15 is 0 Å². The van der Waals surface area contributed by atoms with Gasteiger partial charge in [0.25, 0.3) is 5.91 Å². The summed E-state index contributed by atoms with van der Waals surface area (Å²) in [6.45, 7) is 1.40. The zero-order valence-corrected chi connectivity index (χ0v) is 12.4. The number of para-hydroxylation sites is 1. The van der Waals surface area contributed by atoms with Crippen LogP contribution in [0.3, 0.4) is 0 Å². The van der Waals surface area contributed by atoms with Crippen molar-refractivity contribution < 1.29 is 4.79 Å². The van der Waals surface area contributed by atoms with Gasteiger partial charge in [0.05, 0.1) is 11.3 Å². The highest BCUT2D eigenvalue weighted by Crippen LogP contribution is 2.28. The predicted molar refractivity (Wildman–Crippen MR) is 84.2 cm³/mol. The standard InChI is InChI=1S/C17H15N5O/c23-17(21-9-13(10-21)15-6-3-4-8-18-15)14-5-1-2-7-16(14)22-11-19-20-12-22/h1-8,11-13H,9-10H2. The maximum atomic E-state index is 12.8. The lowest BCUT2D eigenvalue weighted by Gasteiger charge is -2.39. The van der Waals surface area contributed by atoms with Gasteiger partial charge in [-0.1, -0.05) is 18.2 Å². The minimum atomic E-state index is 0.0291.